The number of hydrogen-bond donors (Lipinski definition) is 1. The Kier molecular flexibility index (Phi) is 7.78. The van der Waals surface area contributed by atoms with Crippen LogP contribution < -0.4 is 5.32 Å². The molecule has 0 spiro atoms. The maximum atomic E-state index is 4.18. The third kappa shape index (κ3) is 6.98. The van der Waals surface area contributed by atoms with Gasteiger partial charge in [0.2, 0.25) is 0 Å². The molecule has 3 atom stereocenters. The molecule has 0 aliphatic carbocycles. The zero-order valence-electron chi connectivity index (χ0n) is 22.1. The number of hydrogen-bond acceptors (Lipinski definition) is 1. The Balaban J connectivity index is 2.74. The van der Waals surface area contributed by atoms with E-state index in [2.05, 4.69) is 113 Å². The van der Waals surface area contributed by atoms with Gasteiger partial charge in [0, 0.05) is 11.1 Å². The van der Waals surface area contributed by atoms with Crippen molar-refractivity contribution in [2.24, 2.45) is 27.6 Å². The van der Waals surface area contributed by atoms with Crippen molar-refractivity contribution in [3.05, 3.63) is 24.8 Å². The molecule has 1 heteroatoms. The summed E-state index contributed by atoms with van der Waals surface area (Å²) in [7, 11) is 0. The lowest BCUT2D eigenvalue weighted by atomic mass is 9.62. The molecule has 29 heavy (non-hydrogen) atoms. The summed E-state index contributed by atoms with van der Waals surface area (Å²) in [6.45, 7) is 32.8. The summed E-state index contributed by atoms with van der Waals surface area (Å²) in [5, 5.41) is 3.90. The molecule has 1 N–H and O–H groups in total. The fourth-order valence-electron chi connectivity index (χ4n) is 4.54. The van der Waals surface area contributed by atoms with Crippen LogP contribution in [-0.4, -0.2) is 11.1 Å². The first-order valence-corrected chi connectivity index (χ1v) is 11.9. The van der Waals surface area contributed by atoms with E-state index in [0.717, 1.165) is 12.8 Å². The highest BCUT2D eigenvalue weighted by Gasteiger charge is 2.63. The van der Waals surface area contributed by atoms with E-state index in [1.807, 2.05) is 0 Å². The first kappa shape index (κ1) is 26.5. The van der Waals surface area contributed by atoms with E-state index in [9.17, 15) is 0 Å². The quantitative estimate of drug-likeness (QED) is 0.286. The lowest BCUT2D eigenvalue weighted by molar-refractivity contribution is 0.0936. The van der Waals surface area contributed by atoms with Crippen molar-refractivity contribution in [3.8, 4) is 0 Å². The Hall–Kier alpha value is -0.560. The van der Waals surface area contributed by atoms with Gasteiger partial charge in [-0.25, -0.2) is 0 Å². The normalized spacial score (nSPS) is 27.3. The summed E-state index contributed by atoms with van der Waals surface area (Å²) in [4.78, 5) is 0. The van der Waals surface area contributed by atoms with Crippen LogP contribution in [0.4, 0.5) is 0 Å². The van der Waals surface area contributed by atoms with Crippen molar-refractivity contribution in [1.82, 2.24) is 5.32 Å². The van der Waals surface area contributed by atoms with Crippen molar-refractivity contribution in [2.45, 2.75) is 126 Å². The highest BCUT2D eigenvalue weighted by atomic mass is 15.3. The van der Waals surface area contributed by atoms with E-state index in [1.165, 1.54) is 19.3 Å². The molecule has 1 rings (SSSR count). The van der Waals surface area contributed by atoms with E-state index in [4.69, 9.17) is 0 Å². The summed E-state index contributed by atoms with van der Waals surface area (Å²) in [5.41, 5.74) is 1.67. The van der Waals surface area contributed by atoms with Crippen LogP contribution in [-0.2, 0) is 0 Å². The van der Waals surface area contributed by atoms with Crippen molar-refractivity contribution >= 4 is 0 Å². The molecule has 0 aromatic carbocycles. The lowest BCUT2D eigenvalue weighted by Gasteiger charge is -2.42. The molecule has 0 bridgehead atoms. The summed E-state index contributed by atoms with van der Waals surface area (Å²) >= 11 is 0. The van der Waals surface area contributed by atoms with Crippen molar-refractivity contribution < 1.29 is 0 Å². The minimum atomic E-state index is 0.175. The third-order valence-electron chi connectivity index (χ3n) is 8.08. The Morgan fingerprint density at radius 3 is 1.76 bits per heavy atom. The third-order valence-corrected chi connectivity index (χ3v) is 8.08. The molecular formula is C28H53N. The summed E-state index contributed by atoms with van der Waals surface area (Å²) in [5.74, 6) is 0.518. The fraction of sp³-hybridized carbons (Fsp3) is 0.857. The number of allylic oxidation sites excluding steroid dienone is 2. The van der Waals surface area contributed by atoms with Gasteiger partial charge < -0.3 is 5.32 Å². The maximum absolute atomic E-state index is 4.18. The standard InChI is InChI=1S/C28H53N/c1-14-22(21-24(5,6)7)28(13)27(12,29-28)20-19-26(10,11)25(8,9)18-16-15-17-23(2,3)4/h14-16,22,29H,1,17-21H2,2-13H3/b16-15-. The van der Waals surface area contributed by atoms with Crippen LogP contribution in [0.3, 0.4) is 0 Å². The van der Waals surface area contributed by atoms with E-state index < -0.39 is 0 Å². The highest BCUT2D eigenvalue weighted by molar-refractivity contribution is 5.27. The van der Waals surface area contributed by atoms with Crippen LogP contribution in [0.25, 0.3) is 0 Å². The van der Waals surface area contributed by atoms with E-state index in [0.29, 0.717) is 22.2 Å². The van der Waals surface area contributed by atoms with Gasteiger partial charge in [0.05, 0.1) is 0 Å². The average Bonchev–Trinajstić information content (AvgIpc) is 3.09. The van der Waals surface area contributed by atoms with Crippen LogP contribution >= 0.6 is 0 Å². The van der Waals surface area contributed by atoms with E-state index >= 15 is 0 Å². The van der Waals surface area contributed by atoms with Crippen molar-refractivity contribution in [3.63, 3.8) is 0 Å². The first-order chi connectivity index (χ1) is 12.8. The smallest absolute Gasteiger partial charge is 0.0401 e. The van der Waals surface area contributed by atoms with Gasteiger partial charge in [0.25, 0.3) is 0 Å². The molecule has 1 aliphatic rings. The van der Waals surface area contributed by atoms with Gasteiger partial charge in [-0.15, -0.1) is 6.58 Å². The maximum Gasteiger partial charge on any atom is 0.0401 e. The number of nitrogens with one attached hydrogen (secondary N) is 1. The van der Waals surface area contributed by atoms with Gasteiger partial charge in [0.15, 0.2) is 0 Å². The molecule has 0 amide bonds. The predicted octanol–water partition coefficient (Wildman–Crippen LogP) is 8.56. The molecule has 0 radical (unpaired) electrons. The minimum Gasteiger partial charge on any atom is -0.302 e. The van der Waals surface area contributed by atoms with Gasteiger partial charge in [-0.1, -0.05) is 87.5 Å². The van der Waals surface area contributed by atoms with Gasteiger partial charge >= 0.3 is 0 Å². The largest absolute Gasteiger partial charge is 0.302 e. The summed E-state index contributed by atoms with van der Waals surface area (Å²) in [6, 6.07) is 0. The van der Waals surface area contributed by atoms with Crippen LogP contribution in [0.15, 0.2) is 24.8 Å². The van der Waals surface area contributed by atoms with Gasteiger partial charge in [-0.3, -0.25) is 0 Å². The second-order valence-electron chi connectivity index (χ2n) is 14.0. The number of rotatable bonds is 10. The summed E-state index contributed by atoms with van der Waals surface area (Å²) < 4.78 is 0. The monoisotopic (exact) mass is 403 g/mol. The Morgan fingerprint density at radius 1 is 0.793 bits per heavy atom. The zero-order valence-corrected chi connectivity index (χ0v) is 22.1. The van der Waals surface area contributed by atoms with Crippen LogP contribution in [0.1, 0.15) is 115 Å². The molecule has 1 aliphatic heterocycles. The molecule has 1 nitrogen and oxygen atoms in total. The van der Waals surface area contributed by atoms with Gasteiger partial charge in [0.1, 0.15) is 0 Å². The van der Waals surface area contributed by atoms with Crippen LogP contribution in [0.5, 0.6) is 0 Å². The Labute approximate surface area is 184 Å². The lowest BCUT2D eigenvalue weighted by Crippen LogP contribution is -2.35. The Bertz CT molecular complexity index is 580. The SMILES string of the molecule is C=CC(CC(C)(C)C)C1(C)NC1(C)CCC(C)(C)C(C)(C)C/C=C\CC(C)(C)C. The van der Waals surface area contributed by atoms with Crippen molar-refractivity contribution in [1.29, 1.82) is 0 Å². The second-order valence-corrected chi connectivity index (χ2v) is 14.0. The zero-order chi connectivity index (χ0) is 22.9. The fourth-order valence-corrected chi connectivity index (χ4v) is 4.54. The molecule has 1 fully saturated rings. The minimum absolute atomic E-state index is 0.175. The van der Waals surface area contributed by atoms with Gasteiger partial charge in [-0.05, 0) is 73.5 Å². The molecule has 0 aromatic heterocycles. The topological polar surface area (TPSA) is 21.9 Å². The molecule has 1 saturated heterocycles. The first-order valence-electron chi connectivity index (χ1n) is 11.9. The van der Waals surface area contributed by atoms with Crippen LogP contribution in [0.2, 0.25) is 0 Å². The molecule has 3 unspecified atom stereocenters. The average molecular weight is 404 g/mol. The van der Waals surface area contributed by atoms with E-state index in [1.54, 1.807) is 0 Å². The highest BCUT2D eigenvalue weighted by Crippen LogP contribution is 2.53. The van der Waals surface area contributed by atoms with E-state index in [-0.39, 0.29) is 16.5 Å². The molecular weight excluding hydrogens is 350 g/mol. The molecule has 0 aromatic rings. The van der Waals surface area contributed by atoms with Crippen LogP contribution in [0, 0.1) is 27.6 Å². The molecule has 170 valence electrons. The predicted molar refractivity (Wildman–Crippen MR) is 132 cm³/mol. The summed E-state index contributed by atoms with van der Waals surface area (Å²) in [6.07, 6.45) is 13.0. The second kappa shape index (κ2) is 8.52. The van der Waals surface area contributed by atoms with Gasteiger partial charge in [-0.2, -0.15) is 0 Å². The Morgan fingerprint density at radius 2 is 1.31 bits per heavy atom. The molecule has 1 heterocycles. The molecule has 0 saturated carbocycles. The van der Waals surface area contributed by atoms with Crippen molar-refractivity contribution in [2.75, 3.05) is 0 Å².